The maximum Gasteiger partial charge on any atom is 0.171 e. The van der Waals surface area contributed by atoms with E-state index in [-0.39, 0.29) is 23.0 Å². The molecule has 0 aromatic carbocycles. The van der Waals surface area contributed by atoms with Gasteiger partial charge in [-0.3, -0.25) is 0 Å². The molecule has 1 spiro atoms. The van der Waals surface area contributed by atoms with E-state index in [9.17, 15) is 15.3 Å². The largest absolute Gasteiger partial charge is 0.393 e. The third-order valence-corrected chi connectivity index (χ3v) is 12.3. The number of ether oxygens (including phenoxy) is 2. The van der Waals surface area contributed by atoms with Crippen LogP contribution in [-0.4, -0.2) is 52.1 Å². The van der Waals surface area contributed by atoms with E-state index in [0.29, 0.717) is 54.3 Å². The fraction of sp³-hybridized carbons (Fsp3) is 1.00. The summed E-state index contributed by atoms with van der Waals surface area (Å²) in [5.41, 5.74) is -0.127. The molecule has 0 aromatic rings. The zero-order chi connectivity index (χ0) is 23.3. The Bertz CT molecular complexity index is 763. The molecule has 0 amide bonds. The van der Waals surface area contributed by atoms with Crippen molar-refractivity contribution >= 4 is 0 Å². The average Bonchev–Trinajstić information content (AvgIpc) is 3.05. The highest BCUT2D eigenvalue weighted by molar-refractivity contribution is 5.16. The van der Waals surface area contributed by atoms with Gasteiger partial charge in [-0.15, -0.1) is 0 Å². The summed E-state index contributed by atoms with van der Waals surface area (Å²) in [4.78, 5) is 0. The number of aliphatic hydroxyl groups excluding tert-OH is 3. The molecule has 4 aliphatic carbocycles. The summed E-state index contributed by atoms with van der Waals surface area (Å²) in [7, 11) is 0. The first kappa shape index (κ1) is 23.2. The van der Waals surface area contributed by atoms with Crippen LogP contribution in [0.1, 0.15) is 85.5 Å². The van der Waals surface area contributed by atoms with Gasteiger partial charge >= 0.3 is 0 Å². The van der Waals surface area contributed by atoms with Crippen molar-refractivity contribution in [2.45, 2.75) is 116 Å². The zero-order valence-electron chi connectivity index (χ0n) is 21.1. The van der Waals surface area contributed by atoms with Gasteiger partial charge < -0.3 is 24.8 Å². The minimum absolute atomic E-state index is 0.0162. The van der Waals surface area contributed by atoms with Gasteiger partial charge in [0.25, 0.3) is 0 Å². The third kappa shape index (κ3) is 3.08. The van der Waals surface area contributed by atoms with Gasteiger partial charge in [-0.2, -0.15) is 0 Å². The van der Waals surface area contributed by atoms with Crippen molar-refractivity contribution < 1.29 is 24.8 Å². The fourth-order valence-corrected chi connectivity index (χ4v) is 10.5. The Morgan fingerprint density at radius 2 is 1.64 bits per heavy atom. The molecule has 0 unspecified atom stereocenters. The fourth-order valence-electron chi connectivity index (χ4n) is 10.5. The predicted octanol–water partition coefficient (Wildman–Crippen LogP) is 4.13. The van der Waals surface area contributed by atoms with E-state index in [2.05, 4.69) is 27.7 Å². The Kier molecular flexibility index (Phi) is 5.38. The van der Waals surface area contributed by atoms with Gasteiger partial charge in [-0.25, -0.2) is 0 Å². The minimum atomic E-state index is -0.625. The van der Waals surface area contributed by atoms with E-state index >= 15 is 0 Å². The minimum Gasteiger partial charge on any atom is -0.393 e. The van der Waals surface area contributed by atoms with E-state index in [1.54, 1.807) is 0 Å². The highest BCUT2D eigenvalue weighted by Crippen LogP contribution is 2.69. The number of aliphatic hydroxyl groups is 3. The summed E-state index contributed by atoms with van der Waals surface area (Å²) < 4.78 is 13.3. The molecule has 6 aliphatic rings. The van der Waals surface area contributed by atoms with E-state index < -0.39 is 18.0 Å². The van der Waals surface area contributed by atoms with Crippen molar-refractivity contribution in [2.24, 2.45) is 52.3 Å². The Labute approximate surface area is 199 Å². The Hall–Kier alpha value is -0.200. The van der Waals surface area contributed by atoms with E-state index in [1.807, 2.05) is 0 Å². The molecule has 0 radical (unpaired) electrons. The number of rotatable bonds is 0. The lowest BCUT2D eigenvalue weighted by molar-refractivity contribution is -0.270. The summed E-state index contributed by atoms with van der Waals surface area (Å²) in [6.45, 7) is 10.1. The smallest absolute Gasteiger partial charge is 0.171 e. The molecule has 2 heterocycles. The first-order chi connectivity index (χ1) is 15.6. The van der Waals surface area contributed by atoms with Gasteiger partial charge in [0.05, 0.1) is 31.0 Å². The van der Waals surface area contributed by atoms with Crippen molar-refractivity contribution in [3.8, 4) is 0 Å². The van der Waals surface area contributed by atoms with Gasteiger partial charge in [0, 0.05) is 23.7 Å². The second kappa shape index (κ2) is 7.65. The zero-order valence-corrected chi connectivity index (χ0v) is 21.1. The highest BCUT2D eigenvalue weighted by atomic mass is 16.7. The first-order valence-corrected chi connectivity index (χ1v) is 14.0. The topological polar surface area (TPSA) is 79.2 Å². The second-order valence-corrected chi connectivity index (χ2v) is 13.7. The Balaban J connectivity index is 1.31. The van der Waals surface area contributed by atoms with Gasteiger partial charge in [0.2, 0.25) is 0 Å². The van der Waals surface area contributed by atoms with Crippen LogP contribution in [0.4, 0.5) is 0 Å². The van der Waals surface area contributed by atoms with Crippen LogP contribution in [0.25, 0.3) is 0 Å². The molecular weight excluding hydrogens is 416 g/mol. The molecule has 5 nitrogen and oxygen atoms in total. The van der Waals surface area contributed by atoms with Crippen molar-refractivity contribution in [3.63, 3.8) is 0 Å². The molecule has 4 saturated carbocycles. The number of hydrogen-bond acceptors (Lipinski definition) is 5. The average molecular weight is 463 g/mol. The Morgan fingerprint density at radius 3 is 2.36 bits per heavy atom. The van der Waals surface area contributed by atoms with E-state index in [1.165, 1.54) is 6.42 Å². The lowest BCUT2D eigenvalue weighted by atomic mass is 9.40. The highest BCUT2D eigenvalue weighted by Gasteiger charge is 2.69. The number of fused-ring (bicyclic) bond motifs is 7. The molecule has 0 bridgehead atoms. The molecule has 3 N–H and O–H groups in total. The quantitative estimate of drug-likeness (QED) is 0.472. The van der Waals surface area contributed by atoms with Crippen molar-refractivity contribution in [1.29, 1.82) is 0 Å². The van der Waals surface area contributed by atoms with Crippen molar-refractivity contribution in [2.75, 3.05) is 6.61 Å². The summed E-state index contributed by atoms with van der Waals surface area (Å²) in [6.07, 6.45) is 7.55. The van der Waals surface area contributed by atoms with Crippen LogP contribution in [0.15, 0.2) is 0 Å². The van der Waals surface area contributed by atoms with Crippen molar-refractivity contribution in [1.82, 2.24) is 0 Å². The standard InChI is InChI=1S/C28H46O5/c1-15-9-10-28(32-14-15)16(2)25-23(33-28)8-7-19-18-6-5-17-11-21(29)22(30)13-26(17,3)20(18)12-24(31)27(19,25)4/h15-25,29-31H,5-14H2,1-4H3/t15-,16+,17+,18+,19+,20+,21-,22-,23+,24-,25+,26+,27-,28-/m1/s1. The molecule has 6 fully saturated rings. The normalized spacial score (nSPS) is 62.8. The van der Waals surface area contributed by atoms with Gasteiger partial charge in [-0.05, 0) is 86.4 Å². The van der Waals surface area contributed by atoms with Gasteiger partial charge in [0.15, 0.2) is 5.79 Å². The lowest BCUT2D eigenvalue weighted by Crippen LogP contribution is -2.64. The third-order valence-electron chi connectivity index (χ3n) is 12.3. The maximum atomic E-state index is 11.9. The molecule has 6 rings (SSSR count). The molecule has 188 valence electrons. The van der Waals surface area contributed by atoms with Crippen LogP contribution >= 0.6 is 0 Å². The molecule has 5 heteroatoms. The van der Waals surface area contributed by atoms with Gasteiger partial charge in [0.1, 0.15) is 0 Å². The summed E-state index contributed by atoms with van der Waals surface area (Å²) >= 11 is 0. The van der Waals surface area contributed by atoms with Crippen LogP contribution in [0.5, 0.6) is 0 Å². The molecule has 33 heavy (non-hydrogen) atoms. The summed E-state index contributed by atoms with van der Waals surface area (Å²) in [5.74, 6) is 2.76. The first-order valence-electron chi connectivity index (χ1n) is 14.0. The number of hydrogen-bond donors (Lipinski definition) is 3. The molecule has 0 aromatic heterocycles. The van der Waals surface area contributed by atoms with E-state index in [0.717, 1.165) is 45.1 Å². The maximum absolute atomic E-state index is 11.9. The molecule has 2 aliphatic heterocycles. The lowest BCUT2D eigenvalue weighted by Gasteiger charge is -2.66. The molecule has 2 saturated heterocycles. The molecule has 14 atom stereocenters. The van der Waals surface area contributed by atoms with Gasteiger partial charge in [-0.1, -0.05) is 27.7 Å². The monoisotopic (exact) mass is 462 g/mol. The van der Waals surface area contributed by atoms with Crippen LogP contribution < -0.4 is 0 Å². The van der Waals surface area contributed by atoms with Crippen LogP contribution in [0.2, 0.25) is 0 Å². The van der Waals surface area contributed by atoms with Crippen LogP contribution in [-0.2, 0) is 9.47 Å². The summed E-state index contributed by atoms with van der Waals surface area (Å²) in [5, 5.41) is 32.9. The van der Waals surface area contributed by atoms with Crippen molar-refractivity contribution in [3.05, 3.63) is 0 Å². The SMILES string of the molecule is C[C@@H]1CC[C@@]2(OC1)O[C@H]1CC[C@H]3[C@@H]4CC[C@H]5C[C@@H](O)[C@H](O)C[C@]5(C)[C@H]4C[C@@H](O)[C@]3(C)[C@H]1[C@@H]2C. The molecular formula is C28H46O5. The van der Waals surface area contributed by atoms with Crippen LogP contribution in [0.3, 0.4) is 0 Å². The Morgan fingerprint density at radius 1 is 0.848 bits per heavy atom. The van der Waals surface area contributed by atoms with Crippen LogP contribution in [0, 0.1) is 52.3 Å². The second-order valence-electron chi connectivity index (χ2n) is 13.7. The predicted molar refractivity (Wildman–Crippen MR) is 125 cm³/mol. The van der Waals surface area contributed by atoms with E-state index in [4.69, 9.17) is 9.47 Å². The summed E-state index contributed by atoms with van der Waals surface area (Å²) in [6, 6.07) is 0.